The first-order valence-corrected chi connectivity index (χ1v) is 7.68. The zero-order chi connectivity index (χ0) is 17.7. The molecule has 7 heteroatoms. The summed E-state index contributed by atoms with van der Waals surface area (Å²) in [4.78, 5) is 8.85. The number of aliphatic hydroxyl groups excluding tert-OH is 1. The van der Waals surface area contributed by atoms with Crippen LogP contribution in [0.25, 0.3) is 16.6 Å². The fourth-order valence-electron chi connectivity index (χ4n) is 2.91. The van der Waals surface area contributed by atoms with Crippen LogP contribution >= 0.6 is 0 Å². The number of anilines is 1. The lowest BCUT2D eigenvalue weighted by Crippen LogP contribution is -2.26. The number of nitrogens with one attached hydrogen (secondary N) is 2. The maximum Gasteiger partial charge on any atom is 0.145 e. The van der Waals surface area contributed by atoms with E-state index in [1.165, 1.54) is 18.2 Å². The van der Waals surface area contributed by atoms with Crippen molar-refractivity contribution in [3.63, 3.8) is 0 Å². The highest BCUT2D eigenvalue weighted by Gasteiger charge is 2.31. The van der Waals surface area contributed by atoms with Gasteiger partial charge in [0.05, 0.1) is 23.2 Å². The largest absolute Gasteiger partial charge is 0.509 e. The number of imidazole rings is 1. The molecule has 3 aromatic rings. The number of amidine groups is 1. The number of hydrogen-bond donors (Lipinski definition) is 4. The second kappa shape index (κ2) is 5.34. The molecule has 0 saturated carbocycles. The Morgan fingerprint density at radius 1 is 1.20 bits per heavy atom. The van der Waals surface area contributed by atoms with Gasteiger partial charge in [-0.05, 0) is 36.8 Å². The number of benzene rings is 2. The van der Waals surface area contributed by atoms with Crippen LogP contribution in [-0.4, -0.2) is 32.6 Å². The molecule has 1 aliphatic rings. The van der Waals surface area contributed by atoms with Crippen LogP contribution in [0.5, 0.6) is 5.75 Å². The molecule has 0 aliphatic carbocycles. The molecular weight excluding hydrogens is 323 g/mol. The standard InChI is InChI=1S/C18H15FN4O2/c1-9-2-4-11(7-14(9)24)23-8-15(25)16(17(23)20)18-21-12-5-3-10(19)6-13(12)22-18/h2-7,20,24-25H,8H2,1H3,(H,21,22). The molecule has 0 amide bonds. The van der Waals surface area contributed by atoms with E-state index < -0.39 is 0 Å². The van der Waals surface area contributed by atoms with Gasteiger partial charge in [-0.25, -0.2) is 9.37 Å². The van der Waals surface area contributed by atoms with E-state index in [0.29, 0.717) is 22.5 Å². The molecule has 25 heavy (non-hydrogen) atoms. The highest BCUT2D eigenvalue weighted by atomic mass is 19.1. The molecule has 126 valence electrons. The lowest BCUT2D eigenvalue weighted by atomic mass is 10.2. The summed E-state index contributed by atoms with van der Waals surface area (Å²) in [6.07, 6.45) is 0. The fourth-order valence-corrected chi connectivity index (χ4v) is 2.91. The van der Waals surface area contributed by atoms with Crippen molar-refractivity contribution in [2.45, 2.75) is 6.92 Å². The molecule has 2 aromatic carbocycles. The second-order valence-electron chi connectivity index (χ2n) is 5.97. The Morgan fingerprint density at radius 3 is 2.76 bits per heavy atom. The number of aromatic hydroxyl groups is 1. The minimum absolute atomic E-state index is 0.00964. The molecular formula is C18H15FN4O2. The number of aromatic nitrogens is 2. The van der Waals surface area contributed by atoms with Crippen molar-refractivity contribution in [1.82, 2.24) is 9.97 Å². The first-order chi connectivity index (χ1) is 11.9. The van der Waals surface area contributed by atoms with E-state index in [9.17, 15) is 14.6 Å². The Balaban J connectivity index is 1.73. The van der Waals surface area contributed by atoms with Crippen LogP contribution in [-0.2, 0) is 0 Å². The molecule has 0 saturated heterocycles. The van der Waals surface area contributed by atoms with Crippen LogP contribution in [0.15, 0.2) is 42.2 Å². The van der Waals surface area contributed by atoms with Crippen LogP contribution in [0, 0.1) is 18.2 Å². The monoisotopic (exact) mass is 338 g/mol. The molecule has 6 nitrogen and oxygen atoms in total. The van der Waals surface area contributed by atoms with Crippen molar-refractivity contribution in [2.24, 2.45) is 0 Å². The van der Waals surface area contributed by atoms with E-state index in [1.807, 2.05) is 0 Å². The number of aryl methyl sites for hydroxylation is 1. The van der Waals surface area contributed by atoms with Crippen LogP contribution in [0.3, 0.4) is 0 Å². The SMILES string of the molecule is Cc1ccc(N2CC(O)=C(c3nc4ccc(F)cc4[nH]3)C2=N)cc1O. The van der Waals surface area contributed by atoms with Gasteiger partial charge in [-0.1, -0.05) is 6.07 Å². The zero-order valence-corrected chi connectivity index (χ0v) is 13.3. The summed E-state index contributed by atoms with van der Waals surface area (Å²) >= 11 is 0. The van der Waals surface area contributed by atoms with E-state index in [0.717, 1.165) is 5.56 Å². The Labute approximate surface area is 142 Å². The Kier molecular flexibility index (Phi) is 3.24. The summed E-state index contributed by atoms with van der Waals surface area (Å²) in [5.41, 5.74) is 2.63. The average molecular weight is 338 g/mol. The molecule has 0 fully saturated rings. The smallest absolute Gasteiger partial charge is 0.145 e. The summed E-state index contributed by atoms with van der Waals surface area (Å²) in [6.45, 7) is 1.88. The van der Waals surface area contributed by atoms with E-state index in [4.69, 9.17) is 5.41 Å². The number of phenols is 1. The van der Waals surface area contributed by atoms with Crippen molar-refractivity contribution in [2.75, 3.05) is 11.4 Å². The van der Waals surface area contributed by atoms with Crippen molar-refractivity contribution >= 4 is 28.1 Å². The van der Waals surface area contributed by atoms with Gasteiger partial charge < -0.3 is 20.1 Å². The number of fused-ring (bicyclic) bond motifs is 1. The number of H-pyrrole nitrogens is 1. The maximum absolute atomic E-state index is 13.3. The first-order valence-electron chi connectivity index (χ1n) is 7.68. The zero-order valence-electron chi connectivity index (χ0n) is 13.3. The Morgan fingerprint density at radius 2 is 2.00 bits per heavy atom. The predicted molar refractivity (Wildman–Crippen MR) is 93.5 cm³/mol. The van der Waals surface area contributed by atoms with Crippen LogP contribution < -0.4 is 4.90 Å². The lowest BCUT2D eigenvalue weighted by molar-refractivity contribution is 0.411. The number of nitrogens with zero attached hydrogens (tertiary/aromatic N) is 2. The summed E-state index contributed by atoms with van der Waals surface area (Å²) in [5, 5.41) is 28.6. The van der Waals surface area contributed by atoms with Crippen molar-refractivity contribution < 1.29 is 14.6 Å². The van der Waals surface area contributed by atoms with Gasteiger partial charge in [0.25, 0.3) is 0 Å². The number of halogens is 1. The topological polar surface area (TPSA) is 96.2 Å². The molecule has 0 unspecified atom stereocenters. The normalized spacial score (nSPS) is 14.8. The molecule has 0 radical (unpaired) electrons. The third-order valence-electron chi connectivity index (χ3n) is 4.29. The third-order valence-corrected chi connectivity index (χ3v) is 4.29. The summed E-state index contributed by atoms with van der Waals surface area (Å²) in [6, 6.07) is 9.23. The summed E-state index contributed by atoms with van der Waals surface area (Å²) in [7, 11) is 0. The number of rotatable bonds is 2. The van der Waals surface area contributed by atoms with Crippen molar-refractivity contribution in [1.29, 1.82) is 5.41 Å². The highest BCUT2D eigenvalue weighted by molar-refractivity contribution is 6.30. The van der Waals surface area contributed by atoms with Gasteiger partial charge in [0, 0.05) is 11.8 Å². The average Bonchev–Trinajstić information content (AvgIpc) is 3.10. The predicted octanol–water partition coefficient (Wildman–Crippen LogP) is 3.48. The van der Waals surface area contributed by atoms with Gasteiger partial charge in [-0.2, -0.15) is 0 Å². The van der Waals surface area contributed by atoms with Gasteiger partial charge in [-0.15, -0.1) is 0 Å². The van der Waals surface area contributed by atoms with E-state index in [-0.39, 0.29) is 35.3 Å². The molecule has 0 atom stereocenters. The summed E-state index contributed by atoms with van der Waals surface area (Å²) < 4.78 is 13.3. The number of aliphatic hydroxyl groups is 1. The summed E-state index contributed by atoms with van der Waals surface area (Å²) in [5.74, 6) is 0.0865. The van der Waals surface area contributed by atoms with Gasteiger partial charge >= 0.3 is 0 Å². The minimum atomic E-state index is -0.390. The number of aromatic amines is 1. The lowest BCUT2D eigenvalue weighted by Gasteiger charge is -2.19. The molecule has 0 spiro atoms. The van der Waals surface area contributed by atoms with E-state index in [2.05, 4.69) is 9.97 Å². The number of hydrogen-bond acceptors (Lipinski definition) is 4. The third kappa shape index (κ3) is 2.40. The van der Waals surface area contributed by atoms with Gasteiger partial charge in [0.15, 0.2) is 0 Å². The second-order valence-corrected chi connectivity index (χ2v) is 5.97. The van der Waals surface area contributed by atoms with Gasteiger partial charge in [-0.3, -0.25) is 5.41 Å². The molecule has 1 aromatic heterocycles. The quantitative estimate of drug-likeness (QED) is 0.575. The van der Waals surface area contributed by atoms with Crippen LogP contribution in [0.1, 0.15) is 11.4 Å². The molecule has 1 aliphatic heterocycles. The van der Waals surface area contributed by atoms with Gasteiger partial charge in [0.1, 0.15) is 29.0 Å². The van der Waals surface area contributed by atoms with Crippen molar-refractivity contribution in [3.05, 3.63) is 59.4 Å². The van der Waals surface area contributed by atoms with Gasteiger partial charge in [0.2, 0.25) is 0 Å². The fraction of sp³-hybridized carbons (Fsp3) is 0.111. The van der Waals surface area contributed by atoms with Crippen molar-refractivity contribution in [3.8, 4) is 5.75 Å². The molecule has 0 bridgehead atoms. The first kappa shape index (κ1) is 15.2. The molecule has 2 heterocycles. The Bertz CT molecular complexity index is 1050. The maximum atomic E-state index is 13.3. The molecule has 4 N–H and O–H groups in total. The Hall–Kier alpha value is -3.35. The molecule has 4 rings (SSSR count). The van der Waals surface area contributed by atoms with E-state index in [1.54, 1.807) is 30.0 Å². The van der Waals surface area contributed by atoms with E-state index >= 15 is 0 Å². The number of phenolic OH excluding ortho intramolecular Hbond substituents is 1. The van der Waals surface area contributed by atoms with Crippen LogP contribution in [0.4, 0.5) is 10.1 Å². The highest BCUT2D eigenvalue weighted by Crippen LogP contribution is 2.33. The minimum Gasteiger partial charge on any atom is -0.509 e. The van der Waals surface area contributed by atoms with Crippen LogP contribution in [0.2, 0.25) is 0 Å².